The van der Waals surface area contributed by atoms with E-state index in [2.05, 4.69) is 0 Å². The van der Waals surface area contributed by atoms with Crippen molar-refractivity contribution in [3.8, 4) is 17.2 Å². The maximum absolute atomic E-state index is 13.4. The third kappa shape index (κ3) is 3.53. The summed E-state index contributed by atoms with van der Waals surface area (Å²) in [6.45, 7) is 2.22. The van der Waals surface area contributed by atoms with Crippen molar-refractivity contribution in [2.75, 3.05) is 18.8 Å². The van der Waals surface area contributed by atoms with E-state index in [1.54, 1.807) is 18.1 Å². The van der Waals surface area contributed by atoms with E-state index < -0.39 is 0 Å². The summed E-state index contributed by atoms with van der Waals surface area (Å²) in [6.07, 6.45) is 1.77. The molecule has 0 saturated carbocycles. The molecule has 0 aromatic heterocycles. The number of carbonyl (C=O) groups excluding carboxylic acids is 1. The van der Waals surface area contributed by atoms with Crippen molar-refractivity contribution in [2.45, 2.75) is 6.92 Å². The smallest absolute Gasteiger partial charge is 0.282 e. The maximum Gasteiger partial charge on any atom is 0.282 e. The zero-order valence-electron chi connectivity index (χ0n) is 17.2. The standard InChI is InChI=1S/C25H20N2O4/c1-16-3-8-19(9-4-16)27-24(18-6-10-20(29-2)11-7-18)26-21(25(27)28)13-17-5-12-22-23(14-17)31-15-30-22/h3-14H,15H2,1-2H3/b21-13+. The van der Waals surface area contributed by atoms with Crippen LogP contribution in [0.1, 0.15) is 16.7 Å². The summed E-state index contributed by atoms with van der Waals surface area (Å²) in [6, 6.07) is 20.9. The number of carbonyl (C=O) groups is 1. The number of amidine groups is 1. The number of aryl methyl sites for hydroxylation is 1. The lowest BCUT2D eigenvalue weighted by Gasteiger charge is -2.19. The van der Waals surface area contributed by atoms with Crippen LogP contribution in [-0.2, 0) is 4.79 Å². The van der Waals surface area contributed by atoms with Crippen LogP contribution in [-0.4, -0.2) is 25.6 Å². The molecule has 3 aromatic carbocycles. The Kier molecular flexibility index (Phi) is 4.67. The number of fused-ring (bicyclic) bond motifs is 1. The Labute approximate surface area is 180 Å². The van der Waals surface area contributed by atoms with Gasteiger partial charge in [0, 0.05) is 5.56 Å². The summed E-state index contributed by atoms with van der Waals surface area (Å²) in [4.78, 5) is 19.7. The lowest BCUT2D eigenvalue weighted by atomic mass is 10.1. The van der Waals surface area contributed by atoms with Crippen molar-refractivity contribution in [1.82, 2.24) is 0 Å². The third-order valence-corrected chi connectivity index (χ3v) is 5.20. The molecule has 2 heterocycles. The summed E-state index contributed by atoms with van der Waals surface area (Å²) in [7, 11) is 1.62. The van der Waals surface area contributed by atoms with Gasteiger partial charge in [0.05, 0.1) is 12.8 Å². The minimum Gasteiger partial charge on any atom is -0.497 e. The molecule has 0 aliphatic carbocycles. The normalized spacial score (nSPS) is 16.1. The number of aliphatic imine (C=N–C) groups is 1. The van der Waals surface area contributed by atoms with E-state index in [0.29, 0.717) is 23.0 Å². The van der Waals surface area contributed by atoms with E-state index in [1.807, 2.05) is 73.7 Å². The van der Waals surface area contributed by atoms with Gasteiger partial charge in [0.2, 0.25) is 6.79 Å². The van der Waals surface area contributed by atoms with Crippen LogP contribution in [0.2, 0.25) is 0 Å². The largest absolute Gasteiger partial charge is 0.497 e. The Morgan fingerprint density at radius 1 is 0.968 bits per heavy atom. The van der Waals surface area contributed by atoms with Gasteiger partial charge in [-0.2, -0.15) is 0 Å². The molecule has 0 spiro atoms. The minimum atomic E-state index is -0.188. The Bertz CT molecular complexity index is 1210. The van der Waals surface area contributed by atoms with Crippen molar-refractivity contribution in [3.05, 3.63) is 89.1 Å². The SMILES string of the molecule is COc1ccc(C2=N/C(=C/c3ccc4c(c3)OCO4)C(=O)N2c2ccc(C)cc2)cc1. The minimum absolute atomic E-state index is 0.188. The fourth-order valence-corrected chi connectivity index (χ4v) is 3.54. The number of anilines is 1. The molecule has 5 rings (SSSR count). The van der Waals surface area contributed by atoms with Crippen LogP contribution < -0.4 is 19.1 Å². The predicted molar refractivity (Wildman–Crippen MR) is 119 cm³/mol. The third-order valence-electron chi connectivity index (χ3n) is 5.20. The fourth-order valence-electron chi connectivity index (χ4n) is 3.54. The molecule has 0 radical (unpaired) electrons. The second-order valence-electron chi connectivity index (χ2n) is 7.28. The van der Waals surface area contributed by atoms with Crippen molar-refractivity contribution >= 4 is 23.5 Å². The van der Waals surface area contributed by atoms with E-state index in [4.69, 9.17) is 19.2 Å². The zero-order valence-corrected chi connectivity index (χ0v) is 17.2. The van der Waals surface area contributed by atoms with Crippen LogP contribution >= 0.6 is 0 Å². The molecule has 0 unspecified atom stereocenters. The van der Waals surface area contributed by atoms with Crippen LogP contribution in [0.3, 0.4) is 0 Å². The van der Waals surface area contributed by atoms with Crippen LogP contribution in [0.4, 0.5) is 5.69 Å². The number of ether oxygens (including phenoxy) is 3. The lowest BCUT2D eigenvalue weighted by Crippen LogP contribution is -2.32. The molecule has 154 valence electrons. The predicted octanol–water partition coefficient (Wildman–Crippen LogP) is 4.57. The summed E-state index contributed by atoms with van der Waals surface area (Å²) in [5, 5.41) is 0. The monoisotopic (exact) mass is 412 g/mol. The quantitative estimate of drug-likeness (QED) is 0.589. The number of methoxy groups -OCH3 is 1. The number of hydrogen-bond donors (Lipinski definition) is 0. The molecular formula is C25H20N2O4. The van der Waals surface area contributed by atoms with Gasteiger partial charge in [0.15, 0.2) is 11.5 Å². The molecule has 0 atom stereocenters. The van der Waals surface area contributed by atoms with Crippen LogP contribution in [0, 0.1) is 6.92 Å². The molecule has 6 nitrogen and oxygen atoms in total. The summed E-state index contributed by atoms with van der Waals surface area (Å²) >= 11 is 0. The fraction of sp³-hybridized carbons (Fsp3) is 0.120. The highest BCUT2D eigenvalue weighted by molar-refractivity contribution is 6.33. The topological polar surface area (TPSA) is 60.4 Å². The Morgan fingerprint density at radius 3 is 2.45 bits per heavy atom. The second kappa shape index (κ2) is 7.65. The molecule has 2 aliphatic heterocycles. The van der Waals surface area contributed by atoms with Gasteiger partial charge in [-0.3, -0.25) is 9.69 Å². The number of benzene rings is 3. The van der Waals surface area contributed by atoms with Crippen molar-refractivity contribution in [3.63, 3.8) is 0 Å². The van der Waals surface area contributed by atoms with Gasteiger partial charge in [-0.25, -0.2) is 4.99 Å². The highest BCUT2D eigenvalue weighted by atomic mass is 16.7. The van der Waals surface area contributed by atoms with Gasteiger partial charge in [-0.15, -0.1) is 0 Å². The Hall–Kier alpha value is -4.06. The highest BCUT2D eigenvalue weighted by Crippen LogP contribution is 2.34. The Balaban J connectivity index is 1.58. The van der Waals surface area contributed by atoms with Crippen LogP contribution in [0.25, 0.3) is 6.08 Å². The molecule has 6 heteroatoms. The number of rotatable bonds is 4. The van der Waals surface area contributed by atoms with Gasteiger partial charge >= 0.3 is 0 Å². The molecule has 0 fully saturated rings. The Morgan fingerprint density at radius 2 is 1.71 bits per heavy atom. The summed E-state index contributed by atoms with van der Waals surface area (Å²) in [5.41, 5.74) is 3.87. The van der Waals surface area contributed by atoms with Gasteiger partial charge in [0.1, 0.15) is 17.3 Å². The molecule has 0 saturated heterocycles. The van der Waals surface area contributed by atoms with E-state index in [1.165, 1.54) is 0 Å². The maximum atomic E-state index is 13.4. The average Bonchev–Trinajstić information content (AvgIpc) is 3.39. The van der Waals surface area contributed by atoms with Crippen LogP contribution in [0.15, 0.2) is 77.4 Å². The van der Waals surface area contributed by atoms with Crippen molar-refractivity contribution < 1.29 is 19.0 Å². The van der Waals surface area contributed by atoms with Gasteiger partial charge in [-0.05, 0) is 67.1 Å². The first-order valence-corrected chi connectivity index (χ1v) is 9.88. The zero-order chi connectivity index (χ0) is 21.4. The van der Waals surface area contributed by atoms with E-state index >= 15 is 0 Å². The number of nitrogens with zero attached hydrogens (tertiary/aromatic N) is 2. The van der Waals surface area contributed by atoms with Gasteiger partial charge in [0.25, 0.3) is 5.91 Å². The highest BCUT2D eigenvalue weighted by Gasteiger charge is 2.32. The van der Waals surface area contributed by atoms with E-state index in [-0.39, 0.29) is 12.7 Å². The molecule has 1 amide bonds. The average molecular weight is 412 g/mol. The van der Waals surface area contributed by atoms with Crippen molar-refractivity contribution in [2.24, 2.45) is 4.99 Å². The molecular weight excluding hydrogens is 392 g/mol. The lowest BCUT2D eigenvalue weighted by molar-refractivity contribution is -0.113. The summed E-state index contributed by atoms with van der Waals surface area (Å²) < 4.78 is 16.1. The van der Waals surface area contributed by atoms with Gasteiger partial charge in [-0.1, -0.05) is 23.8 Å². The van der Waals surface area contributed by atoms with E-state index in [9.17, 15) is 4.79 Å². The first-order valence-electron chi connectivity index (χ1n) is 9.88. The summed E-state index contributed by atoms with van der Waals surface area (Å²) in [5.74, 6) is 2.49. The number of amides is 1. The first-order chi connectivity index (χ1) is 15.1. The first kappa shape index (κ1) is 18.9. The van der Waals surface area contributed by atoms with E-state index in [0.717, 1.165) is 28.1 Å². The van der Waals surface area contributed by atoms with Gasteiger partial charge < -0.3 is 14.2 Å². The molecule has 0 bridgehead atoms. The molecule has 2 aliphatic rings. The number of hydrogen-bond acceptors (Lipinski definition) is 5. The second-order valence-corrected chi connectivity index (χ2v) is 7.28. The van der Waals surface area contributed by atoms with Crippen molar-refractivity contribution in [1.29, 1.82) is 0 Å². The molecule has 31 heavy (non-hydrogen) atoms. The molecule has 3 aromatic rings. The molecule has 0 N–H and O–H groups in total. The van der Waals surface area contributed by atoms with Crippen LogP contribution in [0.5, 0.6) is 17.2 Å².